The largest absolute Gasteiger partial charge is 0.492 e. The van der Waals surface area contributed by atoms with Crippen molar-refractivity contribution in [3.63, 3.8) is 0 Å². The number of alkyl halides is 2. The number of hydrogen-bond donors (Lipinski definition) is 0. The first kappa shape index (κ1) is 23.8. The summed E-state index contributed by atoms with van der Waals surface area (Å²) < 4.78 is 38.6. The predicted molar refractivity (Wildman–Crippen MR) is 131 cm³/mol. The molecule has 2 heterocycles. The van der Waals surface area contributed by atoms with Crippen LogP contribution in [0.5, 0.6) is 11.5 Å². The fraction of sp³-hybridized carbons (Fsp3) is 0.464. The van der Waals surface area contributed by atoms with Crippen molar-refractivity contribution in [2.75, 3.05) is 37.7 Å². The van der Waals surface area contributed by atoms with Crippen LogP contribution < -0.4 is 14.4 Å². The van der Waals surface area contributed by atoms with E-state index in [-0.39, 0.29) is 18.7 Å². The van der Waals surface area contributed by atoms with Crippen LogP contribution in [0.1, 0.15) is 49.7 Å². The lowest BCUT2D eigenvalue weighted by atomic mass is 10.1. The van der Waals surface area contributed by atoms with E-state index in [0.717, 1.165) is 23.4 Å². The Morgan fingerprint density at radius 1 is 1.06 bits per heavy atom. The molecule has 5 nitrogen and oxygen atoms in total. The van der Waals surface area contributed by atoms with Crippen LogP contribution in [0.25, 0.3) is 0 Å². The smallest absolute Gasteiger partial charge is 0.294 e. The Morgan fingerprint density at radius 3 is 2.49 bits per heavy atom. The molecule has 0 aromatic heterocycles. The Labute approximate surface area is 205 Å². The zero-order chi connectivity index (χ0) is 24.4. The number of anilines is 1. The highest BCUT2D eigenvalue weighted by atomic mass is 19.3. The average Bonchev–Trinajstić information content (AvgIpc) is 3.65. The van der Waals surface area contributed by atoms with E-state index in [0.29, 0.717) is 50.2 Å². The number of ether oxygens (including phenoxy) is 2. The first-order chi connectivity index (χ1) is 16.9. The minimum absolute atomic E-state index is 0.0860. The van der Waals surface area contributed by atoms with Gasteiger partial charge in [0.2, 0.25) is 0 Å². The summed E-state index contributed by atoms with van der Waals surface area (Å²) in [5.74, 6) is -0.222. The van der Waals surface area contributed by atoms with E-state index in [1.54, 1.807) is 4.90 Å². The van der Waals surface area contributed by atoms with Crippen LogP contribution in [-0.4, -0.2) is 49.5 Å². The number of aryl methyl sites for hydroxylation is 1. The molecular weight excluding hydrogens is 450 g/mol. The van der Waals surface area contributed by atoms with Crippen molar-refractivity contribution in [2.45, 2.75) is 50.9 Å². The molecule has 186 valence electrons. The highest BCUT2D eigenvalue weighted by Crippen LogP contribution is 2.40. The number of halogens is 2. The van der Waals surface area contributed by atoms with Gasteiger partial charge in [-0.15, -0.1) is 0 Å². The van der Waals surface area contributed by atoms with Crippen molar-refractivity contribution in [1.82, 2.24) is 4.90 Å². The second-order valence-electron chi connectivity index (χ2n) is 9.62. The van der Waals surface area contributed by atoms with Gasteiger partial charge in [-0.2, -0.15) is 0 Å². The van der Waals surface area contributed by atoms with Crippen LogP contribution in [0, 0.1) is 0 Å². The van der Waals surface area contributed by atoms with Gasteiger partial charge in [0.1, 0.15) is 18.1 Å². The summed E-state index contributed by atoms with van der Waals surface area (Å²) in [6, 6.07) is 13.8. The fourth-order valence-corrected chi connectivity index (χ4v) is 4.68. The highest BCUT2D eigenvalue weighted by Gasteiger charge is 2.33. The third-order valence-corrected chi connectivity index (χ3v) is 7.06. The molecular formula is C28H32F2N2O3. The molecule has 2 fully saturated rings. The van der Waals surface area contributed by atoms with Crippen molar-refractivity contribution in [2.24, 2.45) is 0 Å². The van der Waals surface area contributed by atoms with E-state index in [2.05, 4.69) is 12.1 Å². The van der Waals surface area contributed by atoms with E-state index in [1.165, 1.54) is 18.4 Å². The van der Waals surface area contributed by atoms with Crippen LogP contribution >= 0.6 is 0 Å². The molecule has 0 bridgehead atoms. The number of nitrogens with zero attached hydrogens (tertiary/aromatic N) is 2. The zero-order valence-electron chi connectivity index (χ0n) is 20.1. The van der Waals surface area contributed by atoms with Gasteiger partial charge in [0.25, 0.3) is 11.8 Å². The zero-order valence-corrected chi connectivity index (χ0v) is 20.1. The monoisotopic (exact) mass is 482 g/mol. The van der Waals surface area contributed by atoms with Crippen molar-refractivity contribution in [3.05, 3.63) is 65.4 Å². The number of hydrogen-bond acceptors (Lipinski definition) is 4. The molecule has 2 aliphatic heterocycles. The summed E-state index contributed by atoms with van der Waals surface area (Å²) in [6.45, 7) is 4.36. The molecule has 5 rings (SSSR count). The van der Waals surface area contributed by atoms with Gasteiger partial charge in [-0.25, -0.2) is 8.78 Å². The molecule has 0 radical (unpaired) electrons. The van der Waals surface area contributed by atoms with Crippen LogP contribution in [-0.2, 0) is 11.2 Å². The average molecular weight is 483 g/mol. The highest BCUT2D eigenvalue weighted by molar-refractivity contribution is 6.07. The number of rotatable bonds is 9. The minimum atomic E-state index is -2.53. The van der Waals surface area contributed by atoms with Crippen LogP contribution in [0.2, 0.25) is 0 Å². The third-order valence-electron chi connectivity index (χ3n) is 7.06. The standard InChI is InChI=1S/C28H32F2N2O3/c1-2-20-19-23(7-10-25(20)34-18-17-31-15-12-28(29,30)13-16-31)32-14-11-26(27(32)33)35-24-8-5-22(6-9-24)21-3-4-21/h5-11,19,21H,2-4,12-18H2,1H3. The van der Waals surface area contributed by atoms with Gasteiger partial charge < -0.3 is 14.4 Å². The number of likely N-dealkylation sites (tertiary alicyclic amines) is 1. The van der Waals surface area contributed by atoms with E-state index < -0.39 is 5.92 Å². The molecule has 2 aromatic rings. The molecule has 0 N–H and O–H groups in total. The van der Waals surface area contributed by atoms with Crippen LogP contribution in [0.3, 0.4) is 0 Å². The van der Waals surface area contributed by atoms with E-state index >= 15 is 0 Å². The number of benzene rings is 2. The number of carbonyl (C=O) groups excluding carboxylic acids is 1. The van der Waals surface area contributed by atoms with Crippen molar-refractivity contribution in [1.29, 1.82) is 0 Å². The van der Waals surface area contributed by atoms with Gasteiger partial charge in [0.05, 0.1) is 0 Å². The Bertz CT molecular complexity index is 1090. The SMILES string of the molecule is CCc1cc(N2CC=C(Oc3ccc(C4CC4)cc3)C2=O)ccc1OCCN1CCC(F)(F)CC1. The molecule has 35 heavy (non-hydrogen) atoms. The molecule has 3 aliphatic rings. The van der Waals surface area contributed by atoms with Gasteiger partial charge in [-0.05, 0) is 72.7 Å². The van der Waals surface area contributed by atoms with E-state index in [4.69, 9.17) is 9.47 Å². The number of piperidine rings is 1. The number of carbonyl (C=O) groups is 1. The van der Waals surface area contributed by atoms with Gasteiger partial charge in [0, 0.05) is 44.7 Å². The van der Waals surface area contributed by atoms with Crippen molar-refractivity contribution >= 4 is 11.6 Å². The second kappa shape index (κ2) is 9.97. The summed E-state index contributed by atoms with van der Waals surface area (Å²) in [5, 5.41) is 0. The normalized spacial score (nSPS) is 20.1. The molecule has 0 spiro atoms. The third kappa shape index (κ3) is 5.67. The Morgan fingerprint density at radius 2 is 1.80 bits per heavy atom. The molecule has 7 heteroatoms. The first-order valence-electron chi connectivity index (χ1n) is 12.6. The molecule has 1 aliphatic carbocycles. The Hall–Kier alpha value is -2.93. The fourth-order valence-electron chi connectivity index (χ4n) is 4.68. The van der Waals surface area contributed by atoms with Crippen LogP contribution in [0.15, 0.2) is 54.3 Å². The Balaban J connectivity index is 1.16. The molecule has 0 unspecified atom stereocenters. The molecule has 1 amide bonds. The maximum Gasteiger partial charge on any atom is 0.294 e. The van der Waals surface area contributed by atoms with Crippen LogP contribution in [0.4, 0.5) is 14.5 Å². The van der Waals surface area contributed by atoms with E-state index in [1.807, 2.05) is 48.2 Å². The number of amides is 1. The lowest BCUT2D eigenvalue weighted by Gasteiger charge is -2.31. The lowest BCUT2D eigenvalue weighted by Crippen LogP contribution is -2.41. The molecule has 1 saturated heterocycles. The maximum absolute atomic E-state index is 13.3. The Kier molecular flexibility index (Phi) is 6.78. The molecule has 0 atom stereocenters. The summed E-state index contributed by atoms with van der Waals surface area (Å²) in [5.41, 5.74) is 3.14. The summed E-state index contributed by atoms with van der Waals surface area (Å²) in [7, 11) is 0. The van der Waals surface area contributed by atoms with Gasteiger partial charge in [0.15, 0.2) is 5.76 Å². The molecule has 2 aromatic carbocycles. The minimum Gasteiger partial charge on any atom is -0.492 e. The van der Waals surface area contributed by atoms with Crippen molar-refractivity contribution in [3.8, 4) is 11.5 Å². The van der Waals surface area contributed by atoms with Gasteiger partial charge in [-0.1, -0.05) is 19.1 Å². The first-order valence-corrected chi connectivity index (χ1v) is 12.6. The lowest BCUT2D eigenvalue weighted by molar-refractivity contribution is -0.116. The summed E-state index contributed by atoms with van der Waals surface area (Å²) in [6.07, 6.45) is 4.90. The van der Waals surface area contributed by atoms with E-state index in [9.17, 15) is 13.6 Å². The topological polar surface area (TPSA) is 42.0 Å². The summed E-state index contributed by atoms with van der Waals surface area (Å²) >= 11 is 0. The second-order valence-corrected chi connectivity index (χ2v) is 9.62. The summed E-state index contributed by atoms with van der Waals surface area (Å²) in [4.78, 5) is 16.7. The maximum atomic E-state index is 13.3. The quantitative estimate of drug-likeness (QED) is 0.470. The van der Waals surface area contributed by atoms with Gasteiger partial charge >= 0.3 is 0 Å². The molecule has 1 saturated carbocycles. The van der Waals surface area contributed by atoms with Crippen molar-refractivity contribution < 1.29 is 23.0 Å². The van der Waals surface area contributed by atoms with Gasteiger partial charge in [-0.3, -0.25) is 9.69 Å². The predicted octanol–water partition coefficient (Wildman–Crippen LogP) is 5.55.